The molecule has 3 N–H and O–H groups in total. The smallest absolute Gasteiger partial charge is 0.321 e. The summed E-state index contributed by atoms with van der Waals surface area (Å²) < 4.78 is 0. The number of urea groups is 1. The number of nitrogens with one attached hydrogen (secondary N) is 2. The van der Waals surface area contributed by atoms with E-state index >= 15 is 0 Å². The number of nitrogens with zero attached hydrogens (tertiary/aromatic N) is 5. The zero-order valence-corrected chi connectivity index (χ0v) is 17.5. The summed E-state index contributed by atoms with van der Waals surface area (Å²) in [5.74, 6) is 3.32. The Morgan fingerprint density at radius 3 is 2.77 bits per heavy atom. The molecule has 3 aromatic rings. The second-order valence-corrected chi connectivity index (χ2v) is 7.91. The zero-order valence-electron chi connectivity index (χ0n) is 16.7. The Balaban J connectivity index is 1.43. The molecule has 1 aliphatic rings. The summed E-state index contributed by atoms with van der Waals surface area (Å²) in [7, 11) is 0. The van der Waals surface area contributed by atoms with Crippen LogP contribution in [0.4, 0.5) is 15.7 Å². The van der Waals surface area contributed by atoms with Gasteiger partial charge in [-0.3, -0.25) is 10.3 Å². The molecule has 0 aliphatic carbocycles. The number of aliphatic hydroxyl groups excluding tert-OH is 1. The topological polar surface area (TPSA) is 116 Å². The number of terminal acetylenes is 1. The van der Waals surface area contributed by atoms with Gasteiger partial charge in [0.1, 0.15) is 5.82 Å². The average molecular weight is 436 g/mol. The van der Waals surface area contributed by atoms with Gasteiger partial charge in [-0.05, 0) is 43.0 Å². The van der Waals surface area contributed by atoms with Crippen LogP contribution >= 0.6 is 11.3 Å². The first kappa shape index (κ1) is 20.7. The number of rotatable bonds is 6. The van der Waals surface area contributed by atoms with Crippen LogP contribution in [0.1, 0.15) is 29.6 Å². The number of amides is 2. The van der Waals surface area contributed by atoms with Gasteiger partial charge in [-0.1, -0.05) is 17.4 Å². The molecule has 1 unspecified atom stereocenters. The summed E-state index contributed by atoms with van der Waals surface area (Å²) in [4.78, 5) is 23.7. The van der Waals surface area contributed by atoms with Crippen LogP contribution in [0, 0.1) is 12.3 Å². The Kier molecular flexibility index (Phi) is 6.35. The molecule has 0 bridgehead atoms. The molecule has 9 nitrogen and oxygen atoms in total. The summed E-state index contributed by atoms with van der Waals surface area (Å²) in [6.45, 7) is 1.75. The number of hydrogen-bond donors (Lipinski definition) is 3. The van der Waals surface area contributed by atoms with Crippen LogP contribution in [-0.4, -0.2) is 51.0 Å². The van der Waals surface area contributed by atoms with E-state index < -0.39 is 12.1 Å². The summed E-state index contributed by atoms with van der Waals surface area (Å²) in [5.41, 5.74) is 2.22. The van der Waals surface area contributed by atoms with Crippen LogP contribution in [-0.2, 0) is 0 Å². The van der Waals surface area contributed by atoms with E-state index in [9.17, 15) is 9.90 Å². The van der Waals surface area contributed by atoms with E-state index in [4.69, 9.17) is 11.4 Å². The fourth-order valence-corrected chi connectivity index (χ4v) is 3.86. The van der Waals surface area contributed by atoms with Gasteiger partial charge in [0.25, 0.3) is 0 Å². The zero-order chi connectivity index (χ0) is 21.6. The highest BCUT2D eigenvalue weighted by Gasteiger charge is 2.17. The van der Waals surface area contributed by atoms with E-state index in [1.54, 1.807) is 12.3 Å². The molecule has 10 heteroatoms. The molecule has 1 saturated heterocycles. The van der Waals surface area contributed by atoms with Crippen LogP contribution in [0.3, 0.4) is 0 Å². The van der Waals surface area contributed by atoms with Crippen molar-refractivity contribution in [3.05, 3.63) is 47.2 Å². The van der Waals surface area contributed by atoms with Gasteiger partial charge in [0, 0.05) is 24.8 Å². The van der Waals surface area contributed by atoms with Crippen LogP contribution < -0.4 is 15.5 Å². The highest BCUT2D eigenvalue weighted by molar-refractivity contribution is 7.15. The molecule has 4 heterocycles. The minimum Gasteiger partial charge on any atom is -0.394 e. The predicted octanol–water partition coefficient (Wildman–Crippen LogP) is 2.43. The molecule has 158 valence electrons. The molecular weight excluding hydrogens is 414 g/mol. The van der Waals surface area contributed by atoms with Gasteiger partial charge < -0.3 is 15.3 Å². The largest absolute Gasteiger partial charge is 0.394 e. The van der Waals surface area contributed by atoms with E-state index in [1.165, 1.54) is 12.8 Å². The first-order valence-electron chi connectivity index (χ1n) is 9.83. The number of carbonyl (C=O) groups is 1. The molecular formula is C21H21N7O2S. The Labute approximate surface area is 183 Å². The van der Waals surface area contributed by atoms with Crippen LogP contribution in [0.5, 0.6) is 0 Å². The standard InChI is InChI=1S/C21H21N7O2S/c1-2-19-26-27-21(31-19)25-20(30)24-17(13-29)16-9-8-14(12-22-16)15-6-5-7-18(23-15)28-10-3-4-11-28/h1,5-9,12,17,29H,3-4,10-11,13H2,(H2,24,25,27,30). The van der Waals surface area contributed by atoms with E-state index in [-0.39, 0.29) is 11.7 Å². The Morgan fingerprint density at radius 1 is 1.26 bits per heavy atom. The first-order valence-corrected chi connectivity index (χ1v) is 10.6. The monoisotopic (exact) mass is 435 g/mol. The third kappa shape index (κ3) is 4.96. The molecule has 1 aliphatic heterocycles. The molecule has 1 atom stereocenters. The van der Waals surface area contributed by atoms with Crippen molar-refractivity contribution < 1.29 is 9.90 Å². The second-order valence-electron chi connectivity index (χ2n) is 6.94. The summed E-state index contributed by atoms with van der Waals surface area (Å²) in [6, 6.07) is 8.38. The van der Waals surface area contributed by atoms with Gasteiger partial charge >= 0.3 is 6.03 Å². The summed E-state index contributed by atoms with van der Waals surface area (Å²) >= 11 is 1.08. The normalized spacial score (nSPS) is 14.1. The van der Waals surface area contributed by atoms with Crippen molar-refractivity contribution in [2.24, 2.45) is 0 Å². The minimum atomic E-state index is -0.682. The van der Waals surface area contributed by atoms with Crippen LogP contribution in [0.2, 0.25) is 0 Å². The Hall–Kier alpha value is -3.55. The van der Waals surface area contributed by atoms with E-state index in [0.717, 1.165) is 41.5 Å². The number of anilines is 2. The van der Waals surface area contributed by atoms with E-state index in [0.29, 0.717) is 10.7 Å². The highest BCUT2D eigenvalue weighted by atomic mass is 32.1. The van der Waals surface area contributed by atoms with Crippen molar-refractivity contribution in [1.29, 1.82) is 0 Å². The average Bonchev–Trinajstić information content (AvgIpc) is 3.50. The number of aliphatic hydroxyl groups is 1. The maximum Gasteiger partial charge on any atom is 0.321 e. The minimum absolute atomic E-state index is 0.273. The predicted molar refractivity (Wildman–Crippen MR) is 119 cm³/mol. The molecule has 0 saturated carbocycles. The lowest BCUT2D eigenvalue weighted by molar-refractivity contribution is 0.224. The SMILES string of the molecule is C#Cc1nnc(NC(=O)NC(CO)c2ccc(-c3cccc(N4CCCC4)n3)cn2)s1. The lowest BCUT2D eigenvalue weighted by atomic mass is 10.1. The lowest BCUT2D eigenvalue weighted by Gasteiger charge is -2.17. The van der Waals surface area contributed by atoms with Crippen molar-refractivity contribution in [3.8, 4) is 23.6 Å². The van der Waals surface area contributed by atoms with Gasteiger partial charge in [-0.25, -0.2) is 9.78 Å². The highest BCUT2D eigenvalue weighted by Crippen LogP contribution is 2.23. The third-order valence-electron chi connectivity index (χ3n) is 4.86. The van der Waals surface area contributed by atoms with Crippen molar-refractivity contribution in [1.82, 2.24) is 25.5 Å². The van der Waals surface area contributed by atoms with E-state index in [1.807, 2.05) is 24.3 Å². The van der Waals surface area contributed by atoms with Crippen molar-refractivity contribution in [2.45, 2.75) is 18.9 Å². The van der Waals surface area contributed by atoms with Gasteiger partial charge in [-0.15, -0.1) is 16.6 Å². The molecule has 3 aromatic heterocycles. The van der Waals surface area contributed by atoms with Crippen LogP contribution in [0.25, 0.3) is 11.3 Å². The number of pyridine rings is 2. The molecule has 31 heavy (non-hydrogen) atoms. The number of hydrogen-bond acceptors (Lipinski definition) is 8. The van der Waals surface area contributed by atoms with Gasteiger partial charge in [0.2, 0.25) is 5.13 Å². The van der Waals surface area contributed by atoms with Crippen molar-refractivity contribution in [2.75, 3.05) is 29.9 Å². The Bertz CT molecular complexity index is 1090. The third-order valence-corrected chi connectivity index (χ3v) is 5.63. The Morgan fingerprint density at radius 2 is 2.10 bits per heavy atom. The first-order chi connectivity index (χ1) is 15.2. The van der Waals surface area contributed by atoms with Crippen molar-refractivity contribution >= 4 is 28.3 Å². The van der Waals surface area contributed by atoms with E-state index in [2.05, 4.69) is 36.6 Å². The molecule has 2 amide bonds. The maximum absolute atomic E-state index is 12.2. The molecule has 0 spiro atoms. The summed E-state index contributed by atoms with van der Waals surface area (Å²) in [5, 5.41) is 23.1. The molecule has 0 aromatic carbocycles. The fourth-order valence-electron chi connectivity index (χ4n) is 3.31. The fraction of sp³-hybridized carbons (Fsp3) is 0.286. The molecule has 0 radical (unpaired) electrons. The number of carbonyl (C=O) groups excluding carboxylic acids is 1. The van der Waals surface area contributed by atoms with Gasteiger partial charge in [-0.2, -0.15) is 0 Å². The van der Waals surface area contributed by atoms with Crippen LogP contribution in [0.15, 0.2) is 36.5 Å². The summed E-state index contributed by atoms with van der Waals surface area (Å²) in [6.07, 6.45) is 9.32. The molecule has 1 fully saturated rings. The van der Waals surface area contributed by atoms with Gasteiger partial charge in [0.05, 0.1) is 24.0 Å². The van der Waals surface area contributed by atoms with Gasteiger partial charge in [0.15, 0.2) is 5.01 Å². The second kappa shape index (κ2) is 9.51. The lowest BCUT2D eigenvalue weighted by Crippen LogP contribution is -2.34. The quantitative estimate of drug-likeness (QED) is 0.509. The van der Waals surface area contributed by atoms with Crippen molar-refractivity contribution in [3.63, 3.8) is 0 Å². The number of aromatic nitrogens is 4. The maximum atomic E-state index is 12.2. The molecule has 4 rings (SSSR count).